The third kappa shape index (κ3) is 2.23. The second kappa shape index (κ2) is 3.99. The fourth-order valence-corrected chi connectivity index (χ4v) is 1.24. The normalized spacial score (nSPS) is 13.5. The van der Waals surface area contributed by atoms with Crippen molar-refractivity contribution in [3.05, 3.63) is 34.2 Å². The number of pyridine rings is 1. The van der Waals surface area contributed by atoms with Crippen LogP contribution >= 0.6 is 0 Å². The van der Waals surface area contributed by atoms with Crippen molar-refractivity contribution >= 4 is 5.97 Å². The maximum absolute atomic E-state index is 12.5. The predicted molar refractivity (Wildman–Crippen MR) is 48.1 cm³/mol. The Morgan fingerprint density at radius 3 is 2.44 bits per heavy atom. The van der Waals surface area contributed by atoms with Gasteiger partial charge >= 0.3 is 12.1 Å². The summed E-state index contributed by atoms with van der Waals surface area (Å²) in [5.74, 6) is -1.50. The van der Waals surface area contributed by atoms with Crippen LogP contribution < -0.4 is 5.56 Å². The molecule has 0 amide bonds. The molecule has 0 aromatic carbocycles. The molecule has 1 aromatic rings. The third-order valence-corrected chi connectivity index (χ3v) is 2.02. The zero-order valence-corrected chi connectivity index (χ0v) is 8.15. The summed E-state index contributed by atoms with van der Waals surface area (Å²) in [6.07, 6.45) is -4.76. The molecule has 0 spiro atoms. The Kier molecular flexibility index (Phi) is 3.06. The number of aromatic nitrogens is 1. The van der Waals surface area contributed by atoms with Crippen molar-refractivity contribution in [2.45, 2.75) is 19.1 Å². The van der Waals surface area contributed by atoms with Crippen molar-refractivity contribution in [1.29, 1.82) is 0 Å². The smallest absolute Gasteiger partial charge is 0.431 e. The van der Waals surface area contributed by atoms with Crippen LogP contribution in [0.15, 0.2) is 23.0 Å². The zero-order chi connectivity index (χ0) is 12.5. The number of nitrogens with zero attached hydrogens (tertiary/aromatic N) is 1. The number of hydrogen-bond donors (Lipinski definition) is 1. The lowest BCUT2D eigenvalue weighted by Gasteiger charge is -2.17. The molecule has 1 N–H and O–H groups in total. The number of carboxylic acids is 1. The molecule has 0 aliphatic heterocycles. The molecule has 0 saturated heterocycles. The van der Waals surface area contributed by atoms with Gasteiger partial charge in [-0.3, -0.25) is 9.36 Å². The van der Waals surface area contributed by atoms with Gasteiger partial charge in [0.25, 0.3) is 5.56 Å². The SMILES string of the molecule is CC(C(=O)O)n1c(C(F)(F)F)cccc1=O. The summed E-state index contributed by atoms with van der Waals surface area (Å²) in [6.45, 7) is 1.01. The van der Waals surface area contributed by atoms with Gasteiger partial charge in [0.1, 0.15) is 11.7 Å². The summed E-state index contributed by atoms with van der Waals surface area (Å²) >= 11 is 0. The maximum Gasteiger partial charge on any atom is 0.431 e. The molecule has 0 saturated carbocycles. The number of alkyl halides is 3. The van der Waals surface area contributed by atoms with Gasteiger partial charge in [-0.2, -0.15) is 13.2 Å². The van der Waals surface area contributed by atoms with Gasteiger partial charge in [-0.25, -0.2) is 4.79 Å². The number of hydrogen-bond acceptors (Lipinski definition) is 2. The quantitative estimate of drug-likeness (QED) is 0.845. The van der Waals surface area contributed by atoms with E-state index in [0.29, 0.717) is 6.07 Å². The van der Waals surface area contributed by atoms with Crippen molar-refractivity contribution in [2.75, 3.05) is 0 Å². The molecule has 0 fully saturated rings. The van der Waals surface area contributed by atoms with Gasteiger partial charge in [0.05, 0.1) is 0 Å². The highest BCUT2D eigenvalue weighted by Crippen LogP contribution is 2.29. The zero-order valence-electron chi connectivity index (χ0n) is 8.15. The first-order valence-corrected chi connectivity index (χ1v) is 4.26. The lowest BCUT2D eigenvalue weighted by atomic mass is 10.2. The largest absolute Gasteiger partial charge is 0.480 e. The highest BCUT2D eigenvalue weighted by molar-refractivity contribution is 5.71. The van der Waals surface area contributed by atoms with Gasteiger partial charge in [0, 0.05) is 6.07 Å². The third-order valence-electron chi connectivity index (χ3n) is 2.02. The molecule has 1 heterocycles. The van der Waals surface area contributed by atoms with E-state index in [1.165, 1.54) is 0 Å². The molecule has 7 heteroatoms. The van der Waals surface area contributed by atoms with Crippen LogP contribution in [0.1, 0.15) is 18.7 Å². The number of carbonyl (C=O) groups is 1. The Morgan fingerprint density at radius 1 is 1.44 bits per heavy atom. The van der Waals surface area contributed by atoms with Gasteiger partial charge in [0.15, 0.2) is 0 Å². The van der Waals surface area contributed by atoms with Crippen molar-refractivity contribution in [1.82, 2.24) is 4.57 Å². The maximum atomic E-state index is 12.5. The average molecular weight is 235 g/mol. The van der Waals surface area contributed by atoms with E-state index in [2.05, 4.69) is 0 Å². The van der Waals surface area contributed by atoms with Gasteiger partial charge in [-0.05, 0) is 13.0 Å². The summed E-state index contributed by atoms with van der Waals surface area (Å²) in [6, 6.07) is 0.927. The van der Waals surface area contributed by atoms with Crippen LogP contribution in [0.4, 0.5) is 13.2 Å². The highest BCUT2D eigenvalue weighted by Gasteiger charge is 2.36. The van der Waals surface area contributed by atoms with E-state index in [1.54, 1.807) is 0 Å². The Morgan fingerprint density at radius 2 is 2.00 bits per heavy atom. The van der Waals surface area contributed by atoms with Crippen molar-refractivity contribution < 1.29 is 23.1 Å². The Labute approximate surface area is 87.9 Å². The molecule has 88 valence electrons. The van der Waals surface area contributed by atoms with Crippen LogP contribution in [0, 0.1) is 0 Å². The first-order chi connectivity index (χ1) is 7.25. The summed E-state index contributed by atoms with van der Waals surface area (Å²) in [5, 5.41) is 8.62. The summed E-state index contributed by atoms with van der Waals surface area (Å²) in [7, 11) is 0. The van der Waals surface area contributed by atoms with Gasteiger partial charge in [-0.1, -0.05) is 6.07 Å². The summed E-state index contributed by atoms with van der Waals surface area (Å²) in [4.78, 5) is 21.8. The summed E-state index contributed by atoms with van der Waals surface area (Å²) < 4.78 is 37.7. The predicted octanol–water partition coefficient (Wildman–Crippen LogP) is 1.51. The van der Waals surface area contributed by atoms with E-state index in [0.717, 1.165) is 19.1 Å². The minimum atomic E-state index is -4.76. The van der Waals surface area contributed by atoms with E-state index in [1.807, 2.05) is 0 Å². The van der Waals surface area contributed by atoms with E-state index in [-0.39, 0.29) is 4.57 Å². The molecule has 0 aliphatic carbocycles. The van der Waals surface area contributed by atoms with Crippen LogP contribution in [0.2, 0.25) is 0 Å². The van der Waals surface area contributed by atoms with Crippen LogP contribution in [0.5, 0.6) is 0 Å². The fraction of sp³-hybridized carbons (Fsp3) is 0.333. The number of halogens is 3. The number of carboxylic acid groups (broad SMARTS) is 1. The molecule has 1 rings (SSSR count). The van der Waals surface area contributed by atoms with Crippen LogP contribution in [0.3, 0.4) is 0 Å². The Balaban J connectivity index is 3.47. The van der Waals surface area contributed by atoms with E-state index >= 15 is 0 Å². The molecule has 1 atom stereocenters. The molecule has 0 bridgehead atoms. The lowest BCUT2D eigenvalue weighted by molar-refractivity contribution is -0.149. The molecular formula is C9H8F3NO3. The van der Waals surface area contributed by atoms with E-state index in [9.17, 15) is 22.8 Å². The van der Waals surface area contributed by atoms with Crippen molar-refractivity contribution in [3.8, 4) is 0 Å². The topological polar surface area (TPSA) is 59.3 Å². The van der Waals surface area contributed by atoms with Crippen LogP contribution in [0.25, 0.3) is 0 Å². The van der Waals surface area contributed by atoms with Crippen LogP contribution in [-0.4, -0.2) is 15.6 Å². The number of aliphatic carboxylic acids is 1. The average Bonchev–Trinajstić information content (AvgIpc) is 2.14. The second-order valence-corrected chi connectivity index (χ2v) is 3.13. The van der Waals surface area contributed by atoms with Crippen molar-refractivity contribution in [2.24, 2.45) is 0 Å². The van der Waals surface area contributed by atoms with Gasteiger partial charge in [0.2, 0.25) is 0 Å². The number of rotatable bonds is 2. The molecule has 16 heavy (non-hydrogen) atoms. The molecule has 4 nitrogen and oxygen atoms in total. The minimum Gasteiger partial charge on any atom is -0.480 e. The van der Waals surface area contributed by atoms with Gasteiger partial charge in [-0.15, -0.1) is 0 Å². The van der Waals surface area contributed by atoms with E-state index < -0.39 is 29.4 Å². The van der Waals surface area contributed by atoms with Gasteiger partial charge < -0.3 is 5.11 Å². The van der Waals surface area contributed by atoms with Crippen LogP contribution in [-0.2, 0) is 11.0 Å². The lowest BCUT2D eigenvalue weighted by Crippen LogP contribution is -2.33. The fourth-order valence-electron chi connectivity index (χ4n) is 1.24. The first-order valence-electron chi connectivity index (χ1n) is 4.26. The second-order valence-electron chi connectivity index (χ2n) is 3.13. The molecule has 0 radical (unpaired) electrons. The van der Waals surface area contributed by atoms with E-state index in [4.69, 9.17) is 5.11 Å². The molecular weight excluding hydrogens is 227 g/mol. The molecule has 1 unspecified atom stereocenters. The Hall–Kier alpha value is -1.79. The molecule has 0 aliphatic rings. The Bertz CT molecular complexity index is 464. The molecule has 1 aromatic heterocycles. The highest BCUT2D eigenvalue weighted by atomic mass is 19.4. The monoisotopic (exact) mass is 235 g/mol. The summed E-state index contributed by atoms with van der Waals surface area (Å²) in [5.41, 5.74) is -2.26. The standard InChI is InChI=1S/C9H8F3NO3/c1-5(8(15)16)13-6(9(10,11)12)3-2-4-7(13)14/h2-5H,1H3,(H,15,16). The first kappa shape index (κ1) is 12.3. The minimum absolute atomic E-state index is 0.211. The van der Waals surface area contributed by atoms with Crippen molar-refractivity contribution in [3.63, 3.8) is 0 Å².